The second-order valence-electron chi connectivity index (χ2n) is 4.45. The second-order valence-corrected chi connectivity index (χ2v) is 4.45. The Labute approximate surface area is 104 Å². The zero-order chi connectivity index (χ0) is 12.7. The number of hydrazine groups is 1. The molecule has 3 rings (SSSR count). The van der Waals surface area contributed by atoms with Crippen LogP contribution in [-0.2, 0) is 14.2 Å². The molecule has 3 aliphatic rings. The molecule has 3 heterocycles. The normalized spacial score (nSPS) is 37.4. The third-order valence-corrected chi connectivity index (χ3v) is 3.51. The van der Waals surface area contributed by atoms with Crippen LogP contribution in [0, 0.1) is 0 Å². The van der Waals surface area contributed by atoms with Gasteiger partial charge in [0.2, 0.25) is 0 Å². The van der Waals surface area contributed by atoms with Crippen LogP contribution in [0.25, 0.3) is 0 Å². The predicted octanol–water partition coefficient (Wildman–Crippen LogP) is 0.518. The van der Waals surface area contributed by atoms with E-state index < -0.39 is 12.2 Å². The average Bonchev–Trinajstić information content (AvgIpc) is 2.88. The summed E-state index contributed by atoms with van der Waals surface area (Å²) in [7, 11) is 1.36. The Bertz CT molecular complexity index is 410. The summed E-state index contributed by atoms with van der Waals surface area (Å²) in [4.78, 5) is 22.7. The smallest absolute Gasteiger partial charge is 0.452 e. The number of fused-ring (bicyclic) bond motifs is 2. The Hall–Kier alpha value is -1.76. The third kappa shape index (κ3) is 1.62. The molecule has 3 aliphatic heterocycles. The van der Waals surface area contributed by atoms with Gasteiger partial charge in [0, 0.05) is 6.54 Å². The molecule has 7 nitrogen and oxygen atoms in total. The van der Waals surface area contributed by atoms with E-state index in [0.717, 1.165) is 0 Å². The van der Waals surface area contributed by atoms with Crippen LogP contribution in [0.15, 0.2) is 12.2 Å². The van der Waals surface area contributed by atoms with Crippen LogP contribution in [-0.4, -0.2) is 60.7 Å². The van der Waals surface area contributed by atoms with E-state index >= 15 is 0 Å². The summed E-state index contributed by atoms with van der Waals surface area (Å²) >= 11 is 0. The molecule has 1 amide bonds. The van der Waals surface area contributed by atoms with Gasteiger partial charge in [-0.3, -0.25) is 0 Å². The number of amides is 1. The number of nitrogens with zero attached hydrogens (tertiary/aromatic N) is 2. The molecule has 2 fully saturated rings. The number of carbonyl (C=O) groups excluding carboxylic acids is 2. The maximum absolute atomic E-state index is 11.7. The first-order valence-electron chi connectivity index (χ1n) is 5.84. The van der Waals surface area contributed by atoms with Crippen molar-refractivity contribution in [3.8, 4) is 0 Å². The van der Waals surface area contributed by atoms with Crippen LogP contribution < -0.4 is 0 Å². The van der Waals surface area contributed by atoms with Crippen molar-refractivity contribution < 1.29 is 23.8 Å². The molecule has 2 unspecified atom stereocenters. The Morgan fingerprint density at radius 3 is 3.06 bits per heavy atom. The first-order valence-corrected chi connectivity index (χ1v) is 5.84. The molecule has 2 bridgehead atoms. The Morgan fingerprint density at radius 2 is 2.39 bits per heavy atom. The predicted molar refractivity (Wildman–Crippen MR) is 58.5 cm³/mol. The first kappa shape index (κ1) is 11.3. The van der Waals surface area contributed by atoms with Gasteiger partial charge in [0.25, 0.3) is 0 Å². The molecule has 0 N–H and O–H groups in total. The third-order valence-electron chi connectivity index (χ3n) is 3.51. The van der Waals surface area contributed by atoms with E-state index in [4.69, 9.17) is 14.2 Å². The van der Waals surface area contributed by atoms with Crippen molar-refractivity contribution in [3.05, 3.63) is 12.2 Å². The van der Waals surface area contributed by atoms with Crippen molar-refractivity contribution in [1.82, 2.24) is 10.0 Å². The lowest BCUT2D eigenvalue weighted by Crippen LogP contribution is -2.51. The van der Waals surface area contributed by atoms with Gasteiger partial charge in [-0.15, -0.1) is 0 Å². The Morgan fingerprint density at radius 1 is 1.56 bits per heavy atom. The largest absolute Gasteiger partial charge is 0.508 e. The van der Waals surface area contributed by atoms with Gasteiger partial charge in [0.05, 0.1) is 19.2 Å². The van der Waals surface area contributed by atoms with E-state index in [1.807, 2.05) is 17.2 Å². The topological polar surface area (TPSA) is 68.3 Å². The summed E-state index contributed by atoms with van der Waals surface area (Å²) in [5.41, 5.74) is 0. The van der Waals surface area contributed by atoms with Gasteiger partial charge in [0.1, 0.15) is 6.61 Å². The van der Waals surface area contributed by atoms with Gasteiger partial charge < -0.3 is 14.2 Å². The maximum atomic E-state index is 11.7. The highest BCUT2D eigenvalue weighted by atomic mass is 16.8. The summed E-state index contributed by atoms with van der Waals surface area (Å²) in [6, 6.07) is -0.0777. The molecule has 0 aromatic rings. The molecule has 0 spiro atoms. The zero-order valence-corrected chi connectivity index (χ0v) is 9.94. The van der Waals surface area contributed by atoms with Gasteiger partial charge in [-0.05, 0) is 6.42 Å². The van der Waals surface area contributed by atoms with Crippen LogP contribution >= 0.6 is 0 Å². The van der Waals surface area contributed by atoms with E-state index in [1.54, 1.807) is 5.01 Å². The average molecular weight is 254 g/mol. The lowest BCUT2D eigenvalue weighted by molar-refractivity contribution is -0.0320. The fraction of sp³-hybridized carbons (Fsp3) is 0.636. The standard InChI is InChI=1S/C11H14N2O5/c1-16-10(14)13-7-3-2-4-12(13)8(5-7)9-6-17-11(15)18-9/h2-3,7-9H,4-6H2,1H3/t7?,8-,9-/m1/s1. The summed E-state index contributed by atoms with van der Waals surface area (Å²) in [5, 5.41) is 3.46. The number of hydrogen-bond acceptors (Lipinski definition) is 6. The van der Waals surface area contributed by atoms with Crippen LogP contribution in [0.3, 0.4) is 0 Å². The molecular formula is C11H14N2O5. The SMILES string of the molecule is COC(=O)N1C2C=CCN1[C@@H]([C@H]1COC(=O)O1)C2. The van der Waals surface area contributed by atoms with E-state index in [0.29, 0.717) is 13.0 Å². The summed E-state index contributed by atoms with van der Waals surface area (Å²) in [6.45, 7) is 0.839. The Balaban J connectivity index is 1.79. The van der Waals surface area contributed by atoms with Gasteiger partial charge in [-0.25, -0.2) is 19.6 Å². The molecule has 2 saturated heterocycles. The minimum atomic E-state index is -0.639. The molecule has 7 heteroatoms. The zero-order valence-electron chi connectivity index (χ0n) is 9.94. The number of hydrogen-bond donors (Lipinski definition) is 0. The lowest BCUT2D eigenvalue weighted by Gasteiger charge is -2.34. The number of cyclic esters (lactones) is 2. The highest BCUT2D eigenvalue weighted by molar-refractivity contribution is 5.68. The number of methoxy groups -OCH3 is 1. The van der Waals surface area contributed by atoms with E-state index in [2.05, 4.69) is 0 Å². The molecule has 0 saturated carbocycles. The van der Waals surface area contributed by atoms with Crippen LogP contribution in [0.1, 0.15) is 6.42 Å². The molecule has 0 aliphatic carbocycles. The van der Waals surface area contributed by atoms with Crippen molar-refractivity contribution in [1.29, 1.82) is 0 Å². The van der Waals surface area contributed by atoms with Gasteiger partial charge in [-0.1, -0.05) is 12.2 Å². The monoisotopic (exact) mass is 254 g/mol. The van der Waals surface area contributed by atoms with Crippen molar-refractivity contribution in [2.45, 2.75) is 24.6 Å². The van der Waals surface area contributed by atoms with Crippen LogP contribution in [0.4, 0.5) is 9.59 Å². The summed E-state index contributed by atoms with van der Waals surface area (Å²) < 4.78 is 14.7. The molecule has 4 atom stereocenters. The van der Waals surface area contributed by atoms with Gasteiger partial charge in [0.15, 0.2) is 6.10 Å². The second kappa shape index (κ2) is 4.16. The van der Waals surface area contributed by atoms with Crippen molar-refractivity contribution >= 4 is 12.2 Å². The van der Waals surface area contributed by atoms with Crippen molar-refractivity contribution in [2.75, 3.05) is 20.3 Å². The minimum absolute atomic E-state index is 0.0319. The summed E-state index contributed by atoms with van der Waals surface area (Å²) in [5.74, 6) is 0. The van der Waals surface area contributed by atoms with Gasteiger partial charge >= 0.3 is 12.2 Å². The molecular weight excluding hydrogens is 240 g/mol. The van der Waals surface area contributed by atoms with E-state index in [1.165, 1.54) is 7.11 Å². The maximum Gasteiger partial charge on any atom is 0.508 e. The summed E-state index contributed by atoms with van der Waals surface area (Å²) in [6.07, 6.45) is 3.34. The molecule has 98 valence electrons. The van der Waals surface area contributed by atoms with E-state index in [-0.39, 0.29) is 24.8 Å². The fourth-order valence-corrected chi connectivity index (χ4v) is 2.74. The number of rotatable bonds is 1. The first-order chi connectivity index (χ1) is 8.70. The highest BCUT2D eigenvalue weighted by Gasteiger charge is 2.49. The van der Waals surface area contributed by atoms with Gasteiger partial charge in [-0.2, -0.15) is 0 Å². The number of carbonyl (C=O) groups is 2. The lowest BCUT2D eigenvalue weighted by atomic mass is 10.1. The molecule has 0 aromatic carbocycles. The van der Waals surface area contributed by atoms with Crippen molar-refractivity contribution in [2.24, 2.45) is 0 Å². The highest BCUT2D eigenvalue weighted by Crippen LogP contribution is 2.33. The van der Waals surface area contributed by atoms with Crippen LogP contribution in [0.2, 0.25) is 0 Å². The molecule has 0 radical (unpaired) electrons. The molecule has 18 heavy (non-hydrogen) atoms. The Kier molecular flexibility index (Phi) is 2.62. The molecule has 0 aromatic heterocycles. The minimum Gasteiger partial charge on any atom is -0.452 e. The van der Waals surface area contributed by atoms with E-state index in [9.17, 15) is 9.59 Å². The van der Waals surface area contributed by atoms with Crippen molar-refractivity contribution in [3.63, 3.8) is 0 Å². The number of ether oxygens (including phenoxy) is 3. The van der Waals surface area contributed by atoms with Crippen LogP contribution in [0.5, 0.6) is 0 Å². The quantitative estimate of drug-likeness (QED) is 0.502. The fourth-order valence-electron chi connectivity index (χ4n) is 2.74.